The normalized spacial score (nSPS) is 12.0. The van der Waals surface area contributed by atoms with Crippen molar-refractivity contribution < 1.29 is 14.7 Å². The molecule has 4 aromatic rings. The molecule has 0 fully saturated rings. The van der Waals surface area contributed by atoms with Crippen molar-refractivity contribution in [3.63, 3.8) is 0 Å². The molecule has 0 aliphatic carbocycles. The number of fused-ring (bicyclic) bond motifs is 1. The second-order valence-electron chi connectivity index (χ2n) is 7.37. The van der Waals surface area contributed by atoms with Crippen molar-refractivity contribution in [3.05, 3.63) is 75.5 Å². The number of nitrogens with zero attached hydrogens (tertiary/aromatic N) is 3. The van der Waals surface area contributed by atoms with Gasteiger partial charge < -0.3 is 15.7 Å². The van der Waals surface area contributed by atoms with Gasteiger partial charge in [-0.2, -0.15) is 11.3 Å². The molecule has 4 heterocycles. The number of halogens is 1. The number of carbonyl (C=O) groups excluding carboxylic acids is 2. The summed E-state index contributed by atoms with van der Waals surface area (Å²) in [5, 5.41) is 19.4. The number of amides is 2. The van der Waals surface area contributed by atoms with Crippen molar-refractivity contribution in [1.82, 2.24) is 25.0 Å². The number of nitrogens with one attached hydrogen (secondary N) is 2. The highest BCUT2D eigenvalue weighted by atomic mass is 35.5. The number of hydrogen-bond acceptors (Lipinski definition) is 6. The van der Waals surface area contributed by atoms with Gasteiger partial charge in [-0.15, -0.1) is 0 Å². The first-order chi connectivity index (χ1) is 16.0. The van der Waals surface area contributed by atoms with E-state index in [9.17, 15) is 14.7 Å². The number of aliphatic hydroxyl groups is 1. The van der Waals surface area contributed by atoms with Crippen molar-refractivity contribution in [2.24, 2.45) is 0 Å². The molecule has 3 N–H and O–H groups in total. The summed E-state index contributed by atoms with van der Waals surface area (Å²) in [5.41, 5.74) is 3.08. The molecule has 0 saturated heterocycles. The van der Waals surface area contributed by atoms with Crippen LogP contribution in [-0.4, -0.2) is 43.9 Å². The summed E-state index contributed by atoms with van der Waals surface area (Å²) in [4.78, 5) is 34.9. The van der Waals surface area contributed by atoms with Crippen molar-refractivity contribution in [2.75, 3.05) is 6.61 Å². The third-order valence-corrected chi connectivity index (χ3v) is 6.10. The Morgan fingerprint density at radius 3 is 2.76 bits per heavy atom. The topological polar surface area (TPSA) is 109 Å². The van der Waals surface area contributed by atoms with Gasteiger partial charge in [0.15, 0.2) is 5.65 Å². The molecule has 0 spiro atoms. The molecule has 170 valence electrons. The number of pyridine rings is 2. The Morgan fingerprint density at radius 1 is 1.24 bits per heavy atom. The van der Waals surface area contributed by atoms with Gasteiger partial charge in [-0.05, 0) is 41.6 Å². The van der Waals surface area contributed by atoms with Crippen LogP contribution in [-0.2, 0) is 6.54 Å². The van der Waals surface area contributed by atoms with Gasteiger partial charge in [0.25, 0.3) is 11.8 Å². The van der Waals surface area contributed by atoms with E-state index in [2.05, 4.69) is 20.6 Å². The number of hydrogen-bond donors (Lipinski definition) is 3. The minimum Gasteiger partial charge on any atom is -0.394 e. The lowest BCUT2D eigenvalue weighted by Gasteiger charge is -2.14. The summed E-state index contributed by atoms with van der Waals surface area (Å²) in [6, 6.07) is 8.31. The van der Waals surface area contributed by atoms with E-state index in [0.717, 1.165) is 11.1 Å². The van der Waals surface area contributed by atoms with Crippen LogP contribution in [0.4, 0.5) is 0 Å². The van der Waals surface area contributed by atoms with Crippen LogP contribution in [0.5, 0.6) is 0 Å². The fraction of sp³-hybridized carbons (Fsp3) is 0.217. The zero-order valence-corrected chi connectivity index (χ0v) is 19.4. The van der Waals surface area contributed by atoms with Crippen LogP contribution in [0.3, 0.4) is 0 Å². The monoisotopic (exact) mass is 483 g/mol. The van der Waals surface area contributed by atoms with Crippen LogP contribution in [0.1, 0.15) is 39.8 Å². The summed E-state index contributed by atoms with van der Waals surface area (Å²) >= 11 is 7.30. The van der Waals surface area contributed by atoms with Crippen LogP contribution in [0, 0.1) is 0 Å². The van der Waals surface area contributed by atoms with Gasteiger partial charge in [0.05, 0.1) is 18.2 Å². The van der Waals surface area contributed by atoms with Crippen molar-refractivity contribution >= 4 is 40.4 Å². The molecule has 1 atom stereocenters. The van der Waals surface area contributed by atoms with E-state index < -0.39 is 0 Å². The Labute approximate surface area is 199 Å². The molecule has 0 aliphatic rings. The van der Waals surface area contributed by atoms with Gasteiger partial charge in [0, 0.05) is 29.9 Å². The molecular formula is C23H22ClN5O3S. The van der Waals surface area contributed by atoms with Crippen molar-refractivity contribution in [1.29, 1.82) is 0 Å². The lowest BCUT2D eigenvalue weighted by molar-refractivity contribution is 0.0907. The molecule has 4 aromatic heterocycles. The lowest BCUT2D eigenvalue weighted by Crippen LogP contribution is -2.37. The first-order valence-electron chi connectivity index (χ1n) is 10.4. The average Bonchev–Trinajstić information content (AvgIpc) is 3.49. The number of thiophene rings is 1. The first-order valence-corrected chi connectivity index (χ1v) is 11.7. The van der Waals surface area contributed by atoms with Gasteiger partial charge in [0.2, 0.25) is 0 Å². The molecule has 0 aliphatic heterocycles. The SMILES string of the molecule is CC[C@@H](CO)NC(=O)c1c(-c2ccsc2)nc2c(C(=O)NCc3ccc(Cl)nc3)cccn12. The van der Waals surface area contributed by atoms with Crippen LogP contribution in [0.25, 0.3) is 16.9 Å². The summed E-state index contributed by atoms with van der Waals surface area (Å²) in [7, 11) is 0. The van der Waals surface area contributed by atoms with Crippen molar-refractivity contribution in [2.45, 2.75) is 25.9 Å². The second kappa shape index (κ2) is 10.1. The van der Waals surface area contributed by atoms with E-state index in [-0.39, 0.29) is 31.0 Å². The molecule has 8 nitrogen and oxygen atoms in total. The summed E-state index contributed by atoms with van der Waals surface area (Å²) in [5.74, 6) is -0.694. The predicted octanol–water partition coefficient (Wildman–Crippen LogP) is 3.54. The Kier molecular flexibility index (Phi) is 7.02. The first kappa shape index (κ1) is 22.9. The van der Waals surface area contributed by atoms with Crippen LogP contribution < -0.4 is 10.6 Å². The number of rotatable bonds is 8. The molecule has 33 heavy (non-hydrogen) atoms. The van der Waals surface area contributed by atoms with E-state index >= 15 is 0 Å². The third kappa shape index (κ3) is 4.90. The highest BCUT2D eigenvalue weighted by molar-refractivity contribution is 7.08. The summed E-state index contributed by atoms with van der Waals surface area (Å²) in [6.45, 7) is 1.98. The minimum absolute atomic E-state index is 0.167. The maximum absolute atomic E-state index is 13.2. The lowest BCUT2D eigenvalue weighted by atomic mass is 10.1. The highest BCUT2D eigenvalue weighted by Crippen LogP contribution is 2.28. The van der Waals surface area contributed by atoms with Gasteiger partial charge in [0.1, 0.15) is 16.5 Å². The maximum Gasteiger partial charge on any atom is 0.270 e. The van der Waals surface area contributed by atoms with Gasteiger partial charge in [-0.3, -0.25) is 14.0 Å². The molecule has 2 amide bonds. The number of aliphatic hydroxyl groups excluding tert-OH is 1. The van der Waals surface area contributed by atoms with E-state index in [4.69, 9.17) is 11.6 Å². The average molecular weight is 484 g/mol. The molecule has 10 heteroatoms. The van der Waals surface area contributed by atoms with Crippen molar-refractivity contribution in [3.8, 4) is 11.3 Å². The molecule has 0 saturated carbocycles. The van der Waals surface area contributed by atoms with Crippen LogP contribution >= 0.6 is 22.9 Å². The van der Waals surface area contributed by atoms with E-state index in [1.165, 1.54) is 11.3 Å². The van der Waals surface area contributed by atoms with E-state index in [1.54, 1.807) is 41.1 Å². The van der Waals surface area contributed by atoms with Gasteiger partial charge >= 0.3 is 0 Å². The Balaban J connectivity index is 1.71. The van der Waals surface area contributed by atoms with E-state index in [0.29, 0.717) is 34.2 Å². The summed E-state index contributed by atoms with van der Waals surface area (Å²) < 4.78 is 1.62. The highest BCUT2D eigenvalue weighted by Gasteiger charge is 2.25. The second-order valence-corrected chi connectivity index (χ2v) is 8.54. The van der Waals surface area contributed by atoms with Gasteiger partial charge in [-0.1, -0.05) is 24.6 Å². The van der Waals surface area contributed by atoms with E-state index in [1.807, 2.05) is 23.8 Å². The fourth-order valence-corrected chi connectivity index (χ4v) is 4.13. The molecule has 0 radical (unpaired) electrons. The Bertz CT molecular complexity index is 1270. The third-order valence-electron chi connectivity index (χ3n) is 5.19. The number of imidazole rings is 1. The molecule has 4 rings (SSSR count). The zero-order valence-electron chi connectivity index (χ0n) is 17.8. The maximum atomic E-state index is 13.2. The number of carbonyl (C=O) groups is 2. The molecule has 0 bridgehead atoms. The molecule has 0 unspecified atom stereocenters. The quantitative estimate of drug-likeness (QED) is 0.332. The van der Waals surface area contributed by atoms with Gasteiger partial charge in [-0.25, -0.2) is 9.97 Å². The zero-order chi connectivity index (χ0) is 23.4. The fourth-order valence-electron chi connectivity index (χ4n) is 3.38. The minimum atomic E-state index is -0.377. The Morgan fingerprint density at radius 2 is 2.09 bits per heavy atom. The van der Waals surface area contributed by atoms with Crippen LogP contribution in [0.2, 0.25) is 5.15 Å². The summed E-state index contributed by atoms with van der Waals surface area (Å²) in [6.07, 6.45) is 3.88. The smallest absolute Gasteiger partial charge is 0.270 e. The molecule has 0 aromatic carbocycles. The number of aromatic nitrogens is 3. The predicted molar refractivity (Wildman–Crippen MR) is 128 cm³/mol. The standard InChI is InChI=1S/C23H22ClN5O3S/c1-2-16(12-30)27-23(32)20-19(15-7-9-33-13-15)28-21-17(4-3-8-29(20)21)22(31)26-11-14-5-6-18(24)25-10-14/h3-10,13,16,30H,2,11-12H2,1H3,(H,26,31)(H,27,32)/t16-/m0/s1. The Hall–Kier alpha value is -3.27. The van der Waals surface area contributed by atoms with Crippen LogP contribution in [0.15, 0.2) is 53.5 Å². The molecular weight excluding hydrogens is 462 g/mol. The largest absolute Gasteiger partial charge is 0.394 e.